The van der Waals surface area contributed by atoms with Crippen LogP contribution in [-0.4, -0.2) is 24.0 Å². The second-order valence-corrected chi connectivity index (χ2v) is 5.17. The molecule has 0 saturated heterocycles. The number of nitrogens with one attached hydrogen (secondary N) is 1. The fraction of sp³-hybridized carbons (Fsp3) is 0.133. The van der Waals surface area contributed by atoms with E-state index in [0.717, 1.165) is 5.56 Å². The molecular weight excluding hydrogens is 327 g/mol. The van der Waals surface area contributed by atoms with Crippen LogP contribution < -0.4 is 5.32 Å². The van der Waals surface area contributed by atoms with Crippen LogP contribution in [0.15, 0.2) is 36.5 Å². The highest BCUT2D eigenvalue weighted by molar-refractivity contribution is 6.42. The van der Waals surface area contributed by atoms with E-state index >= 15 is 0 Å². The average Bonchev–Trinajstić information content (AvgIpc) is 2.55. The highest BCUT2D eigenvalue weighted by atomic mass is 35.5. The Kier molecular flexibility index (Phi) is 5.35. The Labute approximate surface area is 137 Å². The van der Waals surface area contributed by atoms with Crippen LogP contribution in [0, 0.1) is 0 Å². The molecule has 22 heavy (non-hydrogen) atoms. The topological polar surface area (TPSA) is 68.3 Å². The lowest BCUT2D eigenvalue weighted by Crippen LogP contribution is -2.23. The van der Waals surface area contributed by atoms with Crippen molar-refractivity contribution in [3.63, 3.8) is 0 Å². The lowest BCUT2D eigenvalue weighted by Gasteiger charge is -2.06. The number of carbonyl (C=O) groups is 2. The minimum Gasteiger partial charge on any atom is -0.464 e. The molecule has 0 aliphatic rings. The number of hydrogen-bond donors (Lipinski definition) is 1. The van der Waals surface area contributed by atoms with Gasteiger partial charge in [-0.1, -0.05) is 29.3 Å². The van der Waals surface area contributed by atoms with Crippen molar-refractivity contribution in [1.82, 2.24) is 10.3 Å². The number of hydrogen-bond acceptors (Lipinski definition) is 4. The zero-order chi connectivity index (χ0) is 16.1. The monoisotopic (exact) mass is 338 g/mol. The summed E-state index contributed by atoms with van der Waals surface area (Å²) in [7, 11) is 1.27. The number of halogens is 2. The number of pyridine rings is 1. The normalized spacial score (nSPS) is 10.1. The van der Waals surface area contributed by atoms with Crippen LogP contribution in [0.1, 0.15) is 26.4 Å². The maximum absolute atomic E-state index is 12.0. The highest BCUT2D eigenvalue weighted by Gasteiger charge is 2.10. The molecule has 1 aromatic heterocycles. The smallest absolute Gasteiger partial charge is 0.356 e. The number of benzene rings is 1. The molecule has 1 amide bonds. The number of aromatic nitrogens is 1. The maximum Gasteiger partial charge on any atom is 0.356 e. The lowest BCUT2D eigenvalue weighted by atomic mass is 10.2. The Hall–Kier alpha value is -2.11. The van der Waals surface area contributed by atoms with Crippen LogP contribution >= 0.6 is 23.2 Å². The van der Waals surface area contributed by atoms with Gasteiger partial charge in [0, 0.05) is 12.7 Å². The number of rotatable bonds is 4. The van der Waals surface area contributed by atoms with Gasteiger partial charge in [-0.25, -0.2) is 9.78 Å². The Morgan fingerprint density at radius 3 is 2.55 bits per heavy atom. The van der Waals surface area contributed by atoms with Crippen LogP contribution in [0.4, 0.5) is 0 Å². The van der Waals surface area contributed by atoms with Gasteiger partial charge in [-0.2, -0.15) is 0 Å². The molecule has 0 unspecified atom stereocenters. The molecule has 0 aliphatic carbocycles. The van der Waals surface area contributed by atoms with E-state index in [1.807, 2.05) is 0 Å². The van der Waals surface area contributed by atoms with Crippen LogP contribution in [0.25, 0.3) is 0 Å². The van der Waals surface area contributed by atoms with Crippen molar-refractivity contribution >= 4 is 35.1 Å². The van der Waals surface area contributed by atoms with Gasteiger partial charge in [0.2, 0.25) is 0 Å². The maximum atomic E-state index is 12.0. The molecule has 0 bridgehead atoms. The number of methoxy groups -OCH3 is 1. The van der Waals surface area contributed by atoms with E-state index in [4.69, 9.17) is 23.2 Å². The summed E-state index contributed by atoms with van der Waals surface area (Å²) >= 11 is 11.7. The van der Waals surface area contributed by atoms with Gasteiger partial charge < -0.3 is 10.1 Å². The molecule has 5 nitrogen and oxygen atoms in total. The summed E-state index contributed by atoms with van der Waals surface area (Å²) in [4.78, 5) is 27.1. The fourth-order valence-corrected chi connectivity index (χ4v) is 2.01. The van der Waals surface area contributed by atoms with Gasteiger partial charge in [-0.3, -0.25) is 4.79 Å². The first kappa shape index (κ1) is 16.3. The summed E-state index contributed by atoms with van der Waals surface area (Å²) in [6.07, 6.45) is 1.32. The van der Waals surface area contributed by atoms with E-state index in [-0.39, 0.29) is 11.6 Å². The Balaban J connectivity index is 2.00. The lowest BCUT2D eigenvalue weighted by molar-refractivity contribution is 0.0593. The molecular formula is C15H12Cl2N2O3. The number of esters is 1. The minimum atomic E-state index is -0.553. The number of nitrogens with zero attached hydrogens (tertiary/aromatic N) is 1. The second-order valence-electron chi connectivity index (χ2n) is 4.35. The van der Waals surface area contributed by atoms with E-state index < -0.39 is 5.97 Å². The molecule has 0 atom stereocenters. The summed E-state index contributed by atoms with van der Waals surface area (Å²) < 4.78 is 4.54. The van der Waals surface area contributed by atoms with Crippen molar-refractivity contribution in [1.29, 1.82) is 0 Å². The van der Waals surface area contributed by atoms with E-state index in [1.165, 1.54) is 25.4 Å². The number of carbonyl (C=O) groups excluding carboxylic acids is 2. The zero-order valence-corrected chi connectivity index (χ0v) is 13.1. The molecule has 1 heterocycles. The summed E-state index contributed by atoms with van der Waals surface area (Å²) in [5.74, 6) is -0.863. The molecule has 2 aromatic rings. The summed E-state index contributed by atoms with van der Waals surface area (Å²) in [5, 5.41) is 3.61. The number of ether oxygens (including phenoxy) is 1. The Morgan fingerprint density at radius 1 is 1.18 bits per heavy atom. The molecule has 1 N–H and O–H groups in total. The van der Waals surface area contributed by atoms with Crippen LogP contribution in [-0.2, 0) is 11.3 Å². The standard InChI is InChI=1S/C15H12Cl2N2O3/c1-22-15(21)13-5-3-10(8-18-13)14(20)19-7-9-2-4-11(16)12(17)6-9/h2-6,8H,7H2,1H3,(H,19,20). The van der Waals surface area contributed by atoms with Gasteiger partial charge in [0.1, 0.15) is 5.69 Å². The van der Waals surface area contributed by atoms with Crippen molar-refractivity contribution in [2.75, 3.05) is 7.11 Å². The van der Waals surface area contributed by atoms with Gasteiger partial charge in [0.05, 0.1) is 22.7 Å². The zero-order valence-electron chi connectivity index (χ0n) is 11.6. The van der Waals surface area contributed by atoms with Gasteiger partial charge in [0.15, 0.2) is 0 Å². The van der Waals surface area contributed by atoms with E-state index in [2.05, 4.69) is 15.0 Å². The summed E-state index contributed by atoms with van der Waals surface area (Å²) in [6.45, 7) is 0.300. The highest BCUT2D eigenvalue weighted by Crippen LogP contribution is 2.22. The van der Waals surface area contributed by atoms with Crippen molar-refractivity contribution in [3.05, 3.63) is 63.4 Å². The van der Waals surface area contributed by atoms with Crippen molar-refractivity contribution in [3.8, 4) is 0 Å². The van der Waals surface area contributed by atoms with Gasteiger partial charge >= 0.3 is 5.97 Å². The van der Waals surface area contributed by atoms with Gasteiger partial charge in [-0.05, 0) is 29.8 Å². The molecule has 0 saturated carbocycles. The van der Waals surface area contributed by atoms with Crippen molar-refractivity contribution in [2.45, 2.75) is 6.54 Å². The van der Waals surface area contributed by atoms with E-state index in [9.17, 15) is 9.59 Å². The molecule has 0 radical (unpaired) electrons. The quantitative estimate of drug-likeness (QED) is 0.869. The molecule has 2 rings (SSSR count). The second kappa shape index (κ2) is 7.24. The summed E-state index contributed by atoms with van der Waals surface area (Å²) in [5.41, 5.74) is 1.30. The molecule has 1 aromatic carbocycles. The van der Waals surface area contributed by atoms with Crippen molar-refractivity contribution < 1.29 is 14.3 Å². The van der Waals surface area contributed by atoms with Crippen LogP contribution in [0.2, 0.25) is 10.0 Å². The SMILES string of the molecule is COC(=O)c1ccc(C(=O)NCc2ccc(Cl)c(Cl)c2)cn1. The fourth-order valence-electron chi connectivity index (χ4n) is 1.69. The first-order valence-corrected chi connectivity index (χ1v) is 7.03. The van der Waals surface area contributed by atoms with Crippen molar-refractivity contribution in [2.24, 2.45) is 0 Å². The van der Waals surface area contributed by atoms with Crippen LogP contribution in [0.5, 0.6) is 0 Å². The predicted molar refractivity (Wildman–Crippen MR) is 83.2 cm³/mol. The first-order valence-electron chi connectivity index (χ1n) is 6.27. The third kappa shape index (κ3) is 3.96. The Bertz CT molecular complexity index is 702. The third-order valence-electron chi connectivity index (χ3n) is 2.86. The molecule has 0 aliphatic heterocycles. The average molecular weight is 339 g/mol. The van der Waals surface area contributed by atoms with E-state index in [0.29, 0.717) is 22.2 Å². The minimum absolute atomic E-state index is 0.142. The molecule has 0 spiro atoms. The van der Waals surface area contributed by atoms with E-state index in [1.54, 1.807) is 18.2 Å². The number of amides is 1. The molecule has 7 heteroatoms. The largest absolute Gasteiger partial charge is 0.464 e. The van der Waals surface area contributed by atoms with Gasteiger partial charge in [0.25, 0.3) is 5.91 Å². The first-order chi connectivity index (χ1) is 10.5. The summed E-state index contributed by atoms with van der Waals surface area (Å²) in [6, 6.07) is 8.05. The molecule has 0 fully saturated rings. The molecule has 114 valence electrons. The predicted octanol–water partition coefficient (Wildman–Crippen LogP) is 3.11. The van der Waals surface area contributed by atoms with Gasteiger partial charge in [-0.15, -0.1) is 0 Å². The third-order valence-corrected chi connectivity index (χ3v) is 3.60. The Morgan fingerprint density at radius 2 is 1.95 bits per heavy atom. The van der Waals surface area contributed by atoms with Crippen LogP contribution in [0.3, 0.4) is 0 Å².